The summed E-state index contributed by atoms with van der Waals surface area (Å²) in [5, 5.41) is 3.63. The standard InChI is InChI=1S/C18H32N2/c1-15(2)13-18(20(4)5)14-19-12-11-16(3)17-9-7-6-8-10-17/h6-10,15-16,18-19H,11-14H2,1-5H3. The van der Waals surface area contributed by atoms with E-state index in [9.17, 15) is 0 Å². The van der Waals surface area contributed by atoms with Crippen LogP contribution < -0.4 is 5.32 Å². The fourth-order valence-corrected chi connectivity index (χ4v) is 2.56. The summed E-state index contributed by atoms with van der Waals surface area (Å²) in [5.74, 6) is 1.39. The lowest BCUT2D eigenvalue weighted by molar-refractivity contribution is 0.246. The van der Waals surface area contributed by atoms with E-state index in [4.69, 9.17) is 0 Å². The van der Waals surface area contributed by atoms with Crippen LogP contribution in [0.5, 0.6) is 0 Å². The summed E-state index contributed by atoms with van der Waals surface area (Å²) in [6.45, 7) is 9.10. The molecule has 0 saturated heterocycles. The zero-order valence-corrected chi connectivity index (χ0v) is 13.9. The molecule has 0 aliphatic carbocycles. The summed E-state index contributed by atoms with van der Waals surface area (Å²) >= 11 is 0. The monoisotopic (exact) mass is 276 g/mol. The van der Waals surface area contributed by atoms with Gasteiger partial charge in [0.05, 0.1) is 0 Å². The Kier molecular flexibility index (Phi) is 7.86. The van der Waals surface area contributed by atoms with E-state index >= 15 is 0 Å². The fraction of sp³-hybridized carbons (Fsp3) is 0.667. The van der Waals surface area contributed by atoms with E-state index in [-0.39, 0.29) is 0 Å². The van der Waals surface area contributed by atoms with Gasteiger partial charge in [0, 0.05) is 12.6 Å². The number of nitrogens with zero attached hydrogens (tertiary/aromatic N) is 1. The molecule has 20 heavy (non-hydrogen) atoms. The Morgan fingerprint density at radius 1 is 1.05 bits per heavy atom. The van der Waals surface area contributed by atoms with E-state index in [2.05, 4.69) is 75.4 Å². The molecule has 2 atom stereocenters. The van der Waals surface area contributed by atoms with Crippen molar-refractivity contribution in [2.75, 3.05) is 27.2 Å². The maximum Gasteiger partial charge on any atom is 0.0216 e. The van der Waals surface area contributed by atoms with Gasteiger partial charge in [-0.05, 0) is 50.9 Å². The molecule has 0 fully saturated rings. The Labute approximate surface area is 125 Å². The van der Waals surface area contributed by atoms with Crippen molar-refractivity contribution in [2.45, 2.75) is 45.6 Å². The minimum atomic E-state index is 0.631. The lowest BCUT2D eigenvalue weighted by Gasteiger charge is -2.26. The van der Waals surface area contributed by atoms with Crippen LogP contribution in [0.25, 0.3) is 0 Å². The molecule has 0 saturated carbocycles. The molecular weight excluding hydrogens is 244 g/mol. The first-order chi connectivity index (χ1) is 9.50. The number of benzene rings is 1. The molecule has 0 spiro atoms. The highest BCUT2D eigenvalue weighted by Crippen LogP contribution is 2.17. The zero-order valence-electron chi connectivity index (χ0n) is 13.9. The van der Waals surface area contributed by atoms with Crippen molar-refractivity contribution in [3.63, 3.8) is 0 Å². The maximum absolute atomic E-state index is 3.63. The molecule has 0 amide bonds. The van der Waals surface area contributed by atoms with E-state index in [1.807, 2.05) is 0 Å². The lowest BCUT2D eigenvalue weighted by Crippen LogP contribution is -2.39. The van der Waals surface area contributed by atoms with E-state index in [1.165, 1.54) is 18.4 Å². The third-order valence-electron chi connectivity index (χ3n) is 3.98. The van der Waals surface area contributed by atoms with Crippen molar-refractivity contribution < 1.29 is 0 Å². The van der Waals surface area contributed by atoms with Crippen molar-refractivity contribution in [3.8, 4) is 0 Å². The molecule has 0 bridgehead atoms. The minimum absolute atomic E-state index is 0.631. The van der Waals surface area contributed by atoms with Crippen molar-refractivity contribution >= 4 is 0 Å². The van der Waals surface area contributed by atoms with Gasteiger partial charge in [-0.25, -0.2) is 0 Å². The van der Waals surface area contributed by atoms with Gasteiger partial charge in [0.1, 0.15) is 0 Å². The highest BCUT2D eigenvalue weighted by atomic mass is 15.1. The molecular formula is C18H32N2. The first kappa shape index (κ1) is 17.2. The summed E-state index contributed by atoms with van der Waals surface area (Å²) in [7, 11) is 4.36. The van der Waals surface area contributed by atoms with E-state index in [0.29, 0.717) is 12.0 Å². The number of nitrogens with one attached hydrogen (secondary N) is 1. The minimum Gasteiger partial charge on any atom is -0.315 e. The van der Waals surface area contributed by atoms with Gasteiger partial charge in [0.25, 0.3) is 0 Å². The van der Waals surface area contributed by atoms with Crippen LogP contribution in [0.1, 0.15) is 45.1 Å². The Bertz CT molecular complexity index is 346. The average molecular weight is 276 g/mol. The van der Waals surface area contributed by atoms with Crippen molar-refractivity contribution in [2.24, 2.45) is 5.92 Å². The summed E-state index contributed by atoms with van der Waals surface area (Å²) in [4.78, 5) is 2.34. The smallest absolute Gasteiger partial charge is 0.0216 e. The first-order valence-corrected chi connectivity index (χ1v) is 7.92. The summed E-state index contributed by atoms with van der Waals surface area (Å²) in [6, 6.07) is 11.4. The van der Waals surface area contributed by atoms with Crippen LogP contribution in [-0.2, 0) is 0 Å². The molecule has 114 valence electrons. The van der Waals surface area contributed by atoms with Gasteiger partial charge >= 0.3 is 0 Å². The summed E-state index contributed by atoms with van der Waals surface area (Å²) < 4.78 is 0. The third kappa shape index (κ3) is 6.53. The van der Waals surface area contributed by atoms with Crippen LogP contribution in [0.3, 0.4) is 0 Å². The number of rotatable bonds is 9. The second kappa shape index (κ2) is 9.15. The predicted molar refractivity (Wildman–Crippen MR) is 89.3 cm³/mol. The average Bonchev–Trinajstić information content (AvgIpc) is 2.42. The molecule has 1 rings (SSSR count). The van der Waals surface area contributed by atoms with Gasteiger partial charge < -0.3 is 10.2 Å². The molecule has 0 aliphatic heterocycles. The van der Waals surface area contributed by atoms with Gasteiger partial charge in [0.2, 0.25) is 0 Å². The highest BCUT2D eigenvalue weighted by Gasteiger charge is 2.13. The first-order valence-electron chi connectivity index (χ1n) is 7.92. The molecule has 0 radical (unpaired) electrons. The quantitative estimate of drug-likeness (QED) is 0.691. The van der Waals surface area contributed by atoms with Gasteiger partial charge in [-0.1, -0.05) is 51.1 Å². The SMILES string of the molecule is CC(C)CC(CNCCC(C)c1ccccc1)N(C)C. The third-order valence-corrected chi connectivity index (χ3v) is 3.98. The molecule has 2 heteroatoms. The topological polar surface area (TPSA) is 15.3 Å². The molecule has 0 aromatic heterocycles. The maximum atomic E-state index is 3.63. The van der Waals surface area contributed by atoms with Crippen LogP contribution in [0.15, 0.2) is 30.3 Å². The second-order valence-electron chi connectivity index (χ2n) is 6.55. The largest absolute Gasteiger partial charge is 0.315 e. The van der Waals surface area contributed by atoms with Crippen LogP contribution >= 0.6 is 0 Å². The molecule has 1 aromatic carbocycles. The molecule has 1 N–H and O–H groups in total. The normalized spacial score (nSPS) is 14.8. The highest BCUT2D eigenvalue weighted by molar-refractivity contribution is 5.18. The number of hydrogen-bond acceptors (Lipinski definition) is 2. The van der Waals surface area contributed by atoms with E-state index in [0.717, 1.165) is 19.0 Å². The Morgan fingerprint density at radius 3 is 2.25 bits per heavy atom. The van der Waals surface area contributed by atoms with Gasteiger partial charge in [-0.15, -0.1) is 0 Å². The summed E-state index contributed by atoms with van der Waals surface area (Å²) in [6.07, 6.45) is 2.46. The van der Waals surface area contributed by atoms with Crippen molar-refractivity contribution in [1.29, 1.82) is 0 Å². The Balaban J connectivity index is 2.26. The van der Waals surface area contributed by atoms with Crippen LogP contribution in [0.4, 0.5) is 0 Å². The lowest BCUT2D eigenvalue weighted by atomic mass is 9.98. The van der Waals surface area contributed by atoms with Crippen LogP contribution in [0, 0.1) is 5.92 Å². The second-order valence-corrected chi connectivity index (χ2v) is 6.55. The number of likely N-dealkylation sites (N-methyl/N-ethyl adjacent to an activating group) is 1. The summed E-state index contributed by atoms with van der Waals surface area (Å²) in [5.41, 5.74) is 1.45. The van der Waals surface area contributed by atoms with Crippen molar-refractivity contribution in [3.05, 3.63) is 35.9 Å². The van der Waals surface area contributed by atoms with Crippen LogP contribution in [0.2, 0.25) is 0 Å². The molecule has 2 nitrogen and oxygen atoms in total. The molecule has 2 unspecified atom stereocenters. The van der Waals surface area contributed by atoms with Crippen molar-refractivity contribution in [1.82, 2.24) is 10.2 Å². The van der Waals surface area contributed by atoms with E-state index < -0.39 is 0 Å². The fourth-order valence-electron chi connectivity index (χ4n) is 2.56. The predicted octanol–water partition coefficient (Wildman–Crippen LogP) is 3.75. The van der Waals surface area contributed by atoms with Gasteiger partial charge in [0.15, 0.2) is 0 Å². The van der Waals surface area contributed by atoms with Crippen LogP contribution in [-0.4, -0.2) is 38.1 Å². The molecule has 1 aromatic rings. The Morgan fingerprint density at radius 2 is 1.70 bits per heavy atom. The number of hydrogen-bond donors (Lipinski definition) is 1. The van der Waals surface area contributed by atoms with Gasteiger partial charge in [-0.3, -0.25) is 0 Å². The van der Waals surface area contributed by atoms with Gasteiger partial charge in [-0.2, -0.15) is 0 Å². The molecule has 0 aliphatic rings. The Hall–Kier alpha value is -0.860. The molecule has 0 heterocycles. The zero-order chi connectivity index (χ0) is 15.0. The van der Waals surface area contributed by atoms with E-state index in [1.54, 1.807) is 0 Å².